The molecule has 5 aliphatic carbocycles. The van der Waals surface area contributed by atoms with Crippen molar-refractivity contribution in [1.29, 1.82) is 0 Å². The number of non-ortho nitro benzene ring substituents is 2. The summed E-state index contributed by atoms with van der Waals surface area (Å²) < 4.78 is 34.4. The number of alkyl carbamates (subject to hydrolysis) is 2. The molecule has 30 nitrogen and oxygen atoms in total. The zero-order valence-corrected chi connectivity index (χ0v) is 67.8. The predicted octanol–water partition coefficient (Wildman–Crippen LogP) is 5.63. The second-order valence-corrected chi connectivity index (χ2v) is 29.5. The monoisotopic (exact) mass is 1670 g/mol. The number of nitrogens with two attached hydrogens (primary N) is 1. The van der Waals surface area contributed by atoms with Gasteiger partial charge in [-0.25, -0.2) is 19.2 Å². The Labute approximate surface area is 717 Å². The van der Waals surface area contributed by atoms with E-state index in [2.05, 4.69) is 131 Å². The van der Waals surface area contributed by atoms with E-state index in [-0.39, 0.29) is 103 Å². The molecule has 6 heterocycles. The number of hydrogen-bond acceptors (Lipinski definition) is 25. The zero-order valence-electron chi connectivity index (χ0n) is 67.3. The van der Waals surface area contributed by atoms with Crippen molar-refractivity contribution in [2.24, 2.45) is 94.5 Å². The van der Waals surface area contributed by atoms with Gasteiger partial charge in [0.25, 0.3) is 11.4 Å². The van der Waals surface area contributed by atoms with Gasteiger partial charge in [-0.2, -0.15) is 0 Å². The van der Waals surface area contributed by atoms with Gasteiger partial charge in [0, 0.05) is 154 Å². The molecular formula is C83H110AlCl2LiN10O20. The SMILES string of the molecule is C1CCOC1.CN.CNC(=O)OCC1[C@H]2CN(Cc3ccccc3)C[C@@H]12.CNC(=O)OCC1[C@H]2CNC[C@@H]12.CO.COC(=O)C1[C@H]2C(=O)N(Cc3ccccc3)C(=O)[C@@H]12.Cl.O=C(Cl)Oc1ccc([N+](=O)[O-])cc1.O=C(OCC1[C@H]2CN(Cc3ccccc3)C[C@@H]12)Oc1ccc([N+](=O)[O-])cc1.OCC1[C@H]2CN(Cc3ccccc3)C[C@@H]12.[AlH3].[H-].[Li+]. The summed E-state index contributed by atoms with van der Waals surface area (Å²) in [6, 6.07) is 51.3. The van der Waals surface area contributed by atoms with E-state index < -0.39 is 45.2 Å². The standard InChI is InChI=1S/C20H20N2O5.C15H20N2O2.C14H13NO4.C13H17NO.C8H14N2O2.C7H4ClNO4.C4H8O.CH5N.CH4O.Al.ClH.Li.4H/c23-20(27-16-8-6-15(7-9-16)22(24)25)26-13-19-17-11-21(12-18(17)19)10-14-4-2-1-3-5-14;1-16-15(18)19-10-14-12-8-17(9-13(12)14)7-11-5-3-2-4-6-11;1-19-14(18)11-9-10(11)13(17)15(12(9)16)7-8-5-3-2-4-6-8;15-9-13-11-7-14(8-12(11)13)6-10-4-2-1-3-5-10;1-9-8(11)12-4-7-5-2-10-3-6(5)7;8-7(10)13-6-3-1-5(2-4-6)9(11)12;1-2-4-5-3-1;2*1-2;;;;;;;/h1-9,17-19H,10-13H2;2-6,12-14H,7-10H2,1H3,(H,16,18);2-6,9-11H,7H2,1H3;1-5,11-13,15H,6-9H2;5-7,10H,2-4H2,1H3,(H,9,11);1-4H;1-4H2;2H2,1H3;2H,1H3;;1H;;;;;/q;;;;;;;;;;;+1;;;;-1/t17-,18+,19?;12-,13+,14?;9-,10+,11?;11-,12+,13?;5-,6+,7?;;;;;;;;;;;. The average Bonchev–Trinajstić information content (AvgIpc) is 1.54. The third-order valence-electron chi connectivity index (χ3n) is 22.3. The van der Waals surface area contributed by atoms with Gasteiger partial charge >= 0.3 is 48.6 Å². The van der Waals surface area contributed by atoms with E-state index in [9.17, 15) is 53.8 Å². The van der Waals surface area contributed by atoms with Gasteiger partial charge in [-0.3, -0.25) is 54.2 Å². The van der Waals surface area contributed by atoms with Gasteiger partial charge in [0.1, 0.15) is 11.5 Å². The largest absolute Gasteiger partial charge is 1.00 e. The van der Waals surface area contributed by atoms with Crippen molar-refractivity contribution in [1.82, 2.24) is 35.6 Å². The minimum absolute atomic E-state index is 0. The van der Waals surface area contributed by atoms with Crippen LogP contribution in [0.15, 0.2) is 170 Å². The van der Waals surface area contributed by atoms with Crippen LogP contribution in [0.4, 0.5) is 30.6 Å². The van der Waals surface area contributed by atoms with Crippen LogP contribution < -0.4 is 50.0 Å². The fourth-order valence-corrected chi connectivity index (χ4v) is 16.2. The van der Waals surface area contributed by atoms with Crippen LogP contribution in [-0.2, 0) is 64.2 Å². The van der Waals surface area contributed by atoms with Gasteiger partial charge in [0.2, 0.25) is 11.8 Å². The van der Waals surface area contributed by atoms with Crippen molar-refractivity contribution < 1.29 is 107 Å². The first kappa shape index (κ1) is 97.2. The normalized spacial score (nSPS) is 25.0. The summed E-state index contributed by atoms with van der Waals surface area (Å²) in [7, 11) is 6.95. The molecule has 6 aromatic rings. The van der Waals surface area contributed by atoms with E-state index in [1.54, 1.807) is 14.1 Å². The molecule has 6 aliphatic heterocycles. The summed E-state index contributed by atoms with van der Waals surface area (Å²) in [6.07, 6.45) is 1.16. The Morgan fingerprint density at radius 2 is 0.855 bits per heavy atom. The minimum atomic E-state index is -0.978. The van der Waals surface area contributed by atoms with Crippen molar-refractivity contribution in [2.45, 2.75) is 39.0 Å². The first-order valence-electron chi connectivity index (χ1n) is 38.4. The number of hydrogen-bond donors (Lipinski definition) is 6. The third kappa shape index (κ3) is 28.8. The zero-order chi connectivity index (χ0) is 81.8. The molecule has 0 bridgehead atoms. The average molecular weight is 1670 g/mol. The number of methoxy groups -OCH3 is 1. The number of rotatable bonds is 20. The molecule has 17 rings (SSSR count). The number of likely N-dealkylation sites (tertiary alicyclic amines) is 4. The van der Waals surface area contributed by atoms with Crippen molar-refractivity contribution in [3.63, 3.8) is 0 Å². The Kier molecular flexibility index (Phi) is 40.8. The smallest absolute Gasteiger partial charge is 1.00 e. The van der Waals surface area contributed by atoms with Crippen LogP contribution in [0.1, 0.15) is 36.5 Å². The summed E-state index contributed by atoms with van der Waals surface area (Å²) in [6.45, 7) is 16.2. The number of carbonyl (C=O) groups is 7. The van der Waals surface area contributed by atoms with Crippen LogP contribution in [0, 0.1) is 109 Å². The maximum atomic E-state index is 12.1. The minimum Gasteiger partial charge on any atom is -1.00 e. The molecule has 11 aliphatic rings. The van der Waals surface area contributed by atoms with Crippen LogP contribution in [-0.4, -0.2) is 226 Å². The van der Waals surface area contributed by atoms with Crippen molar-refractivity contribution in [3.05, 3.63) is 212 Å². The molecule has 630 valence electrons. The molecule has 5 saturated carbocycles. The summed E-state index contributed by atoms with van der Waals surface area (Å²) in [5.74, 6) is 5.88. The Balaban J connectivity index is 0.000000249. The number of ether oxygens (including phenoxy) is 7. The molecule has 34 heteroatoms. The molecule has 0 aromatic heterocycles. The molecule has 7 N–H and O–H groups in total. The second kappa shape index (κ2) is 49.1. The van der Waals surface area contributed by atoms with Gasteiger partial charge in [0.05, 0.1) is 61.1 Å². The number of piperidine rings is 5. The summed E-state index contributed by atoms with van der Waals surface area (Å²) in [5.41, 5.74) is 8.39. The number of carbonyl (C=O) groups excluding carboxylic acids is 7. The number of nitro groups is 2. The molecule has 0 spiro atoms. The molecule has 4 amide bonds. The Morgan fingerprint density at radius 1 is 0.530 bits per heavy atom. The van der Waals surface area contributed by atoms with Crippen LogP contribution in [0.2, 0.25) is 0 Å². The second-order valence-electron chi connectivity index (χ2n) is 29.2. The van der Waals surface area contributed by atoms with E-state index >= 15 is 0 Å². The maximum absolute atomic E-state index is 12.1. The number of benzene rings is 6. The number of nitro benzene ring substituents is 2. The van der Waals surface area contributed by atoms with E-state index in [4.69, 9.17) is 45.5 Å². The summed E-state index contributed by atoms with van der Waals surface area (Å²) in [4.78, 5) is 108. The maximum Gasteiger partial charge on any atom is 1.00 e. The van der Waals surface area contributed by atoms with Crippen molar-refractivity contribution in [2.75, 3.05) is 127 Å². The van der Waals surface area contributed by atoms with Gasteiger partial charge in [-0.05, 0) is 133 Å². The van der Waals surface area contributed by atoms with E-state index in [1.165, 1.54) is 110 Å². The quantitative estimate of drug-likeness (QED) is 0.00788. The molecule has 117 heavy (non-hydrogen) atoms. The van der Waals surface area contributed by atoms with E-state index in [0.717, 1.165) is 120 Å². The molecule has 6 saturated heterocycles. The van der Waals surface area contributed by atoms with Gasteiger partial charge in [-0.15, -0.1) is 12.4 Å². The predicted molar refractivity (Wildman–Crippen MR) is 439 cm³/mol. The molecule has 0 radical (unpaired) electrons. The van der Waals surface area contributed by atoms with Crippen molar-refractivity contribution in [3.8, 4) is 11.5 Å². The van der Waals surface area contributed by atoms with Crippen molar-refractivity contribution >= 4 is 94.3 Å². The number of aliphatic hydroxyl groups excluding tert-OH is 2. The summed E-state index contributed by atoms with van der Waals surface area (Å²) in [5, 5.41) is 45.1. The number of esters is 1. The molecule has 5 unspecified atom stereocenters. The number of fused-ring (bicyclic) bond motifs is 5. The van der Waals surface area contributed by atoms with Crippen LogP contribution in [0.3, 0.4) is 0 Å². The number of aliphatic hydroxyl groups is 2. The number of amides is 4. The van der Waals surface area contributed by atoms with E-state index in [1.807, 2.05) is 36.4 Å². The van der Waals surface area contributed by atoms with Gasteiger partial charge in [-0.1, -0.05) is 121 Å². The van der Waals surface area contributed by atoms with E-state index in [0.29, 0.717) is 61.9 Å². The fraction of sp³-hybridized carbons (Fsp3) is 0.482. The van der Waals surface area contributed by atoms with Crippen LogP contribution >= 0.6 is 24.0 Å². The molecule has 6 aromatic carbocycles. The topological polar surface area (TPSA) is 386 Å². The van der Waals surface area contributed by atoms with Crippen LogP contribution in [0.5, 0.6) is 11.5 Å². The van der Waals surface area contributed by atoms with Gasteiger partial charge in [0.15, 0.2) is 17.4 Å². The third-order valence-corrected chi connectivity index (χ3v) is 22.4. The number of halogens is 2. The Bertz CT molecular complexity index is 4030. The number of imide groups is 1. The molecular weight excluding hydrogens is 1560 g/mol. The molecule has 11 fully saturated rings. The van der Waals surface area contributed by atoms with Gasteiger partial charge < -0.3 is 66.5 Å². The molecule has 15 atom stereocenters. The van der Waals surface area contributed by atoms with Crippen LogP contribution in [0.25, 0.3) is 0 Å². The summed E-state index contributed by atoms with van der Waals surface area (Å²) >= 11 is 4.92. The first-order valence-corrected chi connectivity index (χ1v) is 38.8. The Hall–Kier alpha value is -8.60. The first-order chi connectivity index (χ1) is 55.3. The fourth-order valence-electron chi connectivity index (χ4n) is 16.1. The number of nitrogens with zero attached hydrogens (tertiary/aromatic N) is 6. The Morgan fingerprint density at radius 3 is 1.16 bits per heavy atom. The number of nitrogens with one attached hydrogen (secondary N) is 3.